The number of hydrogen-bond acceptors (Lipinski definition) is 4. The number of anilines is 1. The minimum atomic E-state index is -0.972. The standard InChI is InChI=1S/C18H10Cl2F2N2O3S/c19-10-2-1-9(12(20)6-10)5-15-17(26)24(18(27)28-15)8-16(25)23-14-4-3-11(21)7-13(14)22/h1-7H,8H2,(H,23,25). The molecular formula is C18H10Cl2F2N2O3S. The van der Waals surface area contributed by atoms with Gasteiger partial charge in [-0.3, -0.25) is 19.3 Å². The first-order valence-electron chi connectivity index (χ1n) is 7.70. The Bertz CT molecular complexity index is 1030. The van der Waals surface area contributed by atoms with Gasteiger partial charge in [0, 0.05) is 16.1 Å². The fraction of sp³-hybridized carbons (Fsp3) is 0.0556. The van der Waals surface area contributed by atoms with Gasteiger partial charge < -0.3 is 5.32 Å². The summed E-state index contributed by atoms with van der Waals surface area (Å²) in [5, 5.41) is 2.25. The van der Waals surface area contributed by atoms with Crippen molar-refractivity contribution in [3.63, 3.8) is 0 Å². The molecule has 5 nitrogen and oxygen atoms in total. The Morgan fingerprint density at radius 3 is 2.57 bits per heavy atom. The molecule has 3 rings (SSSR count). The maximum Gasteiger partial charge on any atom is 0.294 e. The van der Waals surface area contributed by atoms with E-state index in [9.17, 15) is 23.2 Å². The van der Waals surface area contributed by atoms with Crippen LogP contribution in [0.2, 0.25) is 10.0 Å². The largest absolute Gasteiger partial charge is 0.322 e. The first-order chi connectivity index (χ1) is 13.2. The predicted octanol–water partition coefficient (Wildman–Crippen LogP) is 4.95. The second-order valence-electron chi connectivity index (χ2n) is 5.61. The summed E-state index contributed by atoms with van der Waals surface area (Å²) in [6.45, 7) is -0.618. The van der Waals surface area contributed by atoms with Crippen LogP contribution in [0, 0.1) is 11.6 Å². The highest BCUT2D eigenvalue weighted by Gasteiger charge is 2.36. The minimum absolute atomic E-state index is 0.0787. The first-order valence-corrected chi connectivity index (χ1v) is 9.27. The van der Waals surface area contributed by atoms with Crippen LogP contribution in [0.3, 0.4) is 0 Å². The third-order valence-corrected chi connectivity index (χ3v) is 5.10. The lowest BCUT2D eigenvalue weighted by Crippen LogP contribution is -2.36. The normalized spacial score (nSPS) is 15.4. The molecule has 0 aromatic heterocycles. The number of nitrogens with zero attached hydrogens (tertiary/aromatic N) is 1. The second kappa shape index (κ2) is 8.30. The molecule has 0 spiro atoms. The van der Waals surface area contributed by atoms with Gasteiger partial charge in [0.2, 0.25) is 5.91 Å². The summed E-state index contributed by atoms with van der Waals surface area (Å²) in [5.41, 5.74) is 0.219. The Labute approximate surface area is 172 Å². The van der Waals surface area contributed by atoms with Gasteiger partial charge in [0.15, 0.2) is 0 Å². The van der Waals surface area contributed by atoms with Gasteiger partial charge in [-0.2, -0.15) is 0 Å². The number of imide groups is 1. The molecule has 0 aliphatic carbocycles. The van der Waals surface area contributed by atoms with Crippen molar-refractivity contribution < 1.29 is 23.2 Å². The van der Waals surface area contributed by atoms with E-state index >= 15 is 0 Å². The van der Waals surface area contributed by atoms with Gasteiger partial charge in [-0.15, -0.1) is 0 Å². The molecule has 0 unspecified atom stereocenters. The topological polar surface area (TPSA) is 66.5 Å². The number of halogens is 4. The highest BCUT2D eigenvalue weighted by atomic mass is 35.5. The number of carbonyl (C=O) groups is 3. The fourth-order valence-electron chi connectivity index (χ4n) is 2.32. The summed E-state index contributed by atoms with van der Waals surface area (Å²) in [6.07, 6.45) is 1.42. The van der Waals surface area contributed by atoms with Crippen molar-refractivity contribution in [3.8, 4) is 0 Å². The van der Waals surface area contributed by atoms with Crippen LogP contribution in [-0.2, 0) is 9.59 Å². The molecule has 3 amide bonds. The van der Waals surface area contributed by atoms with Crippen molar-refractivity contribution in [3.05, 3.63) is 68.5 Å². The molecule has 1 aliphatic rings. The number of nitrogens with one attached hydrogen (secondary N) is 1. The van der Waals surface area contributed by atoms with Crippen LogP contribution in [0.25, 0.3) is 6.08 Å². The monoisotopic (exact) mass is 442 g/mol. The number of thioether (sulfide) groups is 1. The van der Waals surface area contributed by atoms with Crippen molar-refractivity contribution in [2.45, 2.75) is 0 Å². The third kappa shape index (κ3) is 4.52. The van der Waals surface area contributed by atoms with E-state index in [1.807, 2.05) is 0 Å². The summed E-state index contributed by atoms with van der Waals surface area (Å²) in [4.78, 5) is 37.4. The highest BCUT2D eigenvalue weighted by Crippen LogP contribution is 2.34. The van der Waals surface area contributed by atoms with Crippen LogP contribution in [0.15, 0.2) is 41.3 Å². The van der Waals surface area contributed by atoms with Crippen molar-refractivity contribution in [2.24, 2.45) is 0 Å². The van der Waals surface area contributed by atoms with Crippen LogP contribution in [0.5, 0.6) is 0 Å². The van der Waals surface area contributed by atoms with Crippen molar-refractivity contribution >= 4 is 63.8 Å². The van der Waals surface area contributed by atoms with Crippen LogP contribution in [0.1, 0.15) is 5.56 Å². The van der Waals surface area contributed by atoms with Gasteiger partial charge in [0.25, 0.3) is 11.1 Å². The van der Waals surface area contributed by atoms with Gasteiger partial charge >= 0.3 is 0 Å². The zero-order valence-corrected chi connectivity index (χ0v) is 16.2. The molecule has 144 valence electrons. The predicted molar refractivity (Wildman–Crippen MR) is 104 cm³/mol. The van der Waals surface area contributed by atoms with Gasteiger partial charge in [-0.1, -0.05) is 29.3 Å². The molecule has 2 aromatic carbocycles. The van der Waals surface area contributed by atoms with Gasteiger partial charge in [0.1, 0.15) is 18.2 Å². The van der Waals surface area contributed by atoms with E-state index in [1.165, 1.54) is 12.1 Å². The van der Waals surface area contributed by atoms with E-state index in [4.69, 9.17) is 23.2 Å². The highest BCUT2D eigenvalue weighted by molar-refractivity contribution is 8.18. The Morgan fingerprint density at radius 2 is 1.89 bits per heavy atom. The maximum atomic E-state index is 13.6. The quantitative estimate of drug-likeness (QED) is 0.680. The average Bonchev–Trinajstić information content (AvgIpc) is 2.87. The molecule has 0 radical (unpaired) electrons. The van der Waals surface area contributed by atoms with E-state index in [1.54, 1.807) is 12.1 Å². The van der Waals surface area contributed by atoms with E-state index in [-0.39, 0.29) is 10.6 Å². The zero-order valence-electron chi connectivity index (χ0n) is 13.8. The number of benzene rings is 2. The molecule has 0 saturated carbocycles. The van der Waals surface area contributed by atoms with Crippen LogP contribution in [-0.4, -0.2) is 28.5 Å². The summed E-state index contributed by atoms with van der Waals surface area (Å²) in [7, 11) is 0. The Balaban J connectivity index is 1.73. The van der Waals surface area contributed by atoms with E-state index in [0.717, 1.165) is 17.0 Å². The minimum Gasteiger partial charge on any atom is -0.322 e. The molecule has 0 bridgehead atoms. The first kappa shape index (κ1) is 20.3. The van der Waals surface area contributed by atoms with E-state index in [0.29, 0.717) is 33.4 Å². The average molecular weight is 443 g/mol. The van der Waals surface area contributed by atoms with Crippen LogP contribution < -0.4 is 5.32 Å². The molecule has 1 saturated heterocycles. The molecule has 28 heavy (non-hydrogen) atoms. The van der Waals surface area contributed by atoms with Gasteiger partial charge in [0.05, 0.1) is 10.6 Å². The van der Waals surface area contributed by atoms with Gasteiger partial charge in [-0.25, -0.2) is 8.78 Å². The SMILES string of the molecule is O=C(CN1C(=O)SC(=Cc2ccc(Cl)cc2Cl)C1=O)Nc1ccc(F)cc1F. The Kier molecular flexibility index (Phi) is 6.02. The van der Waals surface area contributed by atoms with Crippen LogP contribution >= 0.6 is 35.0 Å². The van der Waals surface area contributed by atoms with Crippen LogP contribution in [0.4, 0.5) is 19.3 Å². The fourth-order valence-corrected chi connectivity index (χ4v) is 3.61. The van der Waals surface area contributed by atoms with E-state index in [2.05, 4.69) is 5.32 Å². The second-order valence-corrected chi connectivity index (χ2v) is 7.44. The molecule has 0 atom stereocenters. The number of hydrogen-bond donors (Lipinski definition) is 1. The number of amides is 3. The summed E-state index contributed by atoms with van der Waals surface area (Å²) < 4.78 is 26.5. The summed E-state index contributed by atoms with van der Waals surface area (Å²) >= 11 is 12.5. The lowest BCUT2D eigenvalue weighted by molar-refractivity contribution is -0.127. The molecular weight excluding hydrogens is 433 g/mol. The summed E-state index contributed by atoms with van der Waals surface area (Å²) in [6, 6.07) is 7.27. The number of rotatable bonds is 4. The molecule has 1 N–H and O–H groups in total. The van der Waals surface area contributed by atoms with E-state index < -0.39 is 35.2 Å². The molecule has 1 aliphatic heterocycles. The Morgan fingerprint density at radius 1 is 1.14 bits per heavy atom. The summed E-state index contributed by atoms with van der Waals surface area (Å²) in [5.74, 6) is -3.26. The molecule has 1 fully saturated rings. The molecule has 2 aromatic rings. The zero-order chi connectivity index (χ0) is 20.4. The lowest BCUT2D eigenvalue weighted by atomic mass is 10.2. The maximum absolute atomic E-state index is 13.6. The van der Waals surface area contributed by atoms with Gasteiger partial charge in [-0.05, 0) is 47.7 Å². The Hall–Kier alpha value is -2.42. The smallest absolute Gasteiger partial charge is 0.294 e. The van der Waals surface area contributed by atoms with Crippen molar-refractivity contribution in [1.29, 1.82) is 0 Å². The molecule has 1 heterocycles. The molecule has 10 heteroatoms. The number of carbonyl (C=O) groups excluding carboxylic acids is 3. The third-order valence-electron chi connectivity index (χ3n) is 3.63. The van der Waals surface area contributed by atoms with Crippen molar-refractivity contribution in [2.75, 3.05) is 11.9 Å². The lowest BCUT2D eigenvalue weighted by Gasteiger charge is -2.12. The van der Waals surface area contributed by atoms with Crippen molar-refractivity contribution in [1.82, 2.24) is 4.90 Å².